The van der Waals surface area contributed by atoms with Crippen LogP contribution < -0.4 is 10.1 Å². The van der Waals surface area contributed by atoms with Crippen molar-refractivity contribution in [1.29, 1.82) is 0 Å². The first-order valence-electron chi connectivity index (χ1n) is 6.99. The largest absolute Gasteiger partial charge is 0.493 e. The second-order valence-corrected chi connectivity index (χ2v) is 7.00. The first-order chi connectivity index (χ1) is 9.24. The van der Waals surface area contributed by atoms with Crippen molar-refractivity contribution in [3.63, 3.8) is 0 Å². The minimum Gasteiger partial charge on any atom is -0.493 e. The van der Waals surface area contributed by atoms with Crippen LogP contribution in [0.25, 0.3) is 0 Å². The summed E-state index contributed by atoms with van der Waals surface area (Å²) in [5, 5.41) is 3.58. The zero-order valence-electron chi connectivity index (χ0n) is 11.7. The lowest BCUT2D eigenvalue weighted by Gasteiger charge is -2.19. The number of benzene rings is 1. The quantitative estimate of drug-likeness (QED) is 0.816. The Morgan fingerprint density at radius 3 is 3.00 bits per heavy atom. The van der Waals surface area contributed by atoms with E-state index in [1.807, 2.05) is 11.8 Å². The number of nitrogens with one attached hydrogen (secondary N) is 1. The molecule has 0 amide bonds. The number of hydrogen-bond acceptors (Lipinski definition) is 3. The van der Waals surface area contributed by atoms with Crippen molar-refractivity contribution in [3.8, 4) is 5.75 Å². The van der Waals surface area contributed by atoms with Gasteiger partial charge in [0.05, 0.1) is 6.61 Å². The maximum atomic E-state index is 5.81. The molecule has 1 aromatic rings. The minimum atomic E-state index is 0.526. The fourth-order valence-electron chi connectivity index (χ4n) is 2.50. The third-order valence-electron chi connectivity index (χ3n) is 3.31. The molecule has 0 bridgehead atoms. The van der Waals surface area contributed by atoms with Gasteiger partial charge in [-0.15, -0.1) is 0 Å². The Hall–Kier alpha value is -0.190. The summed E-state index contributed by atoms with van der Waals surface area (Å²) in [6, 6.07) is 4.93. The van der Waals surface area contributed by atoms with Crippen molar-refractivity contribution in [2.75, 3.05) is 24.7 Å². The molecule has 4 heteroatoms. The average Bonchev–Trinajstić information content (AvgIpc) is 2.84. The standard InChI is InChI=1S/C15H22BrNOS/c1-3-17-14(10-19-4-2)9-12-8-13(16)7-11-5-6-18-15(11)12/h7-8,14,17H,3-6,9-10H2,1-2H3. The van der Waals surface area contributed by atoms with E-state index in [1.54, 1.807) is 0 Å². The molecule has 1 aliphatic heterocycles. The van der Waals surface area contributed by atoms with Gasteiger partial charge in [0, 0.05) is 22.7 Å². The molecule has 19 heavy (non-hydrogen) atoms. The third kappa shape index (κ3) is 4.14. The van der Waals surface area contributed by atoms with E-state index in [0.29, 0.717) is 6.04 Å². The van der Waals surface area contributed by atoms with Crippen molar-refractivity contribution in [2.24, 2.45) is 0 Å². The van der Waals surface area contributed by atoms with Gasteiger partial charge in [-0.3, -0.25) is 0 Å². The number of likely N-dealkylation sites (N-methyl/N-ethyl adjacent to an activating group) is 1. The van der Waals surface area contributed by atoms with E-state index in [-0.39, 0.29) is 0 Å². The summed E-state index contributed by atoms with van der Waals surface area (Å²) in [7, 11) is 0. The summed E-state index contributed by atoms with van der Waals surface area (Å²) in [5.41, 5.74) is 2.69. The molecule has 0 spiro atoms. The molecule has 0 fully saturated rings. The van der Waals surface area contributed by atoms with Gasteiger partial charge in [0.25, 0.3) is 0 Å². The second-order valence-electron chi connectivity index (χ2n) is 4.77. The molecule has 1 heterocycles. The Bertz CT molecular complexity index is 425. The van der Waals surface area contributed by atoms with Crippen LogP contribution >= 0.6 is 27.7 Å². The van der Waals surface area contributed by atoms with E-state index in [9.17, 15) is 0 Å². The third-order valence-corrected chi connectivity index (χ3v) is 4.81. The molecule has 0 saturated carbocycles. The van der Waals surface area contributed by atoms with Crippen LogP contribution in [0.1, 0.15) is 25.0 Å². The zero-order valence-corrected chi connectivity index (χ0v) is 14.1. The fraction of sp³-hybridized carbons (Fsp3) is 0.600. The molecule has 1 aliphatic rings. The maximum absolute atomic E-state index is 5.81. The fourth-order valence-corrected chi connectivity index (χ4v) is 3.81. The summed E-state index contributed by atoms with van der Waals surface area (Å²) in [6.07, 6.45) is 2.08. The van der Waals surface area contributed by atoms with Crippen molar-refractivity contribution in [3.05, 3.63) is 27.7 Å². The van der Waals surface area contributed by atoms with Gasteiger partial charge in [0.2, 0.25) is 0 Å². The van der Waals surface area contributed by atoms with Gasteiger partial charge >= 0.3 is 0 Å². The molecule has 2 nitrogen and oxygen atoms in total. The van der Waals surface area contributed by atoms with Gasteiger partial charge in [-0.2, -0.15) is 11.8 Å². The smallest absolute Gasteiger partial charge is 0.125 e. The SMILES string of the molecule is CCNC(CSCC)Cc1cc(Br)cc2c1OCC2. The van der Waals surface area contributed by atoms with Gasteiger partial charge in [0.1, 0.15) is 5.75 Å². The lowest BCUT2D eigenvalue weighted by Crippen LogP contribution is -2.33. The van der Waals surface area contributed by atoms with Gasteiger partial charge in [0.15, 0.2) is 0 Å². The number of hydrogen-bond donors (Lipinski definition) is 1. The molecule has 0 saturated heterocycles. The van der Waals surface area contributed by atoms with Gasteiger partial charge in [-0.05, 0) is 42.0 Å². The van der Waals surface area contributed by atoms with Crippen LogP contribution in [0.3, 0.4) is 0 Å². The summed E-state index contributed by atoms with van der Waals surface area (Å²) in [5.74, 6) is 3.47. The Labute approximate surface area is 128 Å². The average molecular weight is 344 g/mol. The highest BCUT2D eigenvalue weighted by atomic mass is 79.9. The molecule has 0 aromatic heterocycles. The van der Waals surface area contributed by atoms with Crippen molar-refractivity contribution in [2.45, 2.75) is 32.7 Å². The molecule has 0 radical (unpaired) electrons. The van der Waals surface area contributed by atoms with E-state index in [0.717, 1.165) is 37.5 Å². The van der Waals surface area contributed by atoms with Crippen LogP contribution in [-0.4, -0.2) is 30.7 Å². The summed E-state index contributed by atoms with van der Waals surface area (Å²) in [6.45, 7) is 6.24. The lowest BCUT2D eigenvalue weighted by atomic mass is 10.0. The van der Waals surface area contributed by atoms with Gasteiger partial charge in [-0.25, -0.2) is 0 Å². The molecule has 1 aromatic carbocycles. The highest BCUT2D eigenvalue weighted by molar-refractivity contribution is 9.10. The minimum absolute atomic E-state index is 0.526. The molecule has 106 valence electrons. The summed E-state index contributed by atoms with van der Waals surface area (Å²) >= 11 is 5.61. The Morgan fingerprint density at radius 1 is 1.42 bits per heavy atom. The summed E-state index contributed by atoms with van der Waals surface area (Å²) in [4.78, 5) is 0. The molecule has 1 N–H and O–H groups in total. The predicted octanol–water partition coefficient (Wildman–Crippen LogP) is 3.66. The van der Waals surface area contributed by atoms with Crippen LogP contribution in [0.4, 0.5) is 0 Å². The van der Waals surface area contributed by atoms with E-state index in [2.05, 4.69) is 47.2 Å². The normalized spacial score (nSPS) is 15.1. The van der Waals surface area contributed by atoms with Crippen LogP contribution in [0.15, 0.2) is 16.6 Å². The maximum Gasteiger partial charge on any atom is 0.125 e. The topological polar surface area (TPSA) is 21.3 Å². The number of ether oxygens (including phenoxy) is 1. The molecule has 0 aliphatic carbocycles. The highest BCUT2D eigenvalue weighted by Gasteiger charge is 2.19. The van der Waals surface area contributed by atoms with Crippen LogP contribution in [0.2, 0.25) is 0 Å². The number of thioether (sulfide) groups is 1. The van der Waals surface area contributed by atoms with E-state index in [4.69, 9.17) is 4.74 Å². The Kier molecular flexibility index (Phi) is 6.05. The van der Waals surface area contributed by atoms with Crippen LogP contribution in [0.5, 0.6) is 5.75 Å². The molecular formula is C15H22BrNOS. The van der Waals surface area contributed by atoms with E-state index >= 15 is 0 Å². The monoisotopic (exact) mass is 343 g/mol. The van der Waals surface area contributed by atoms with Crippen LogP contribution in [-0.2, 0) is 12.8 Å². The van der Waals surface area contributed by atoms with E-state index < -0.39 is 0 Å². The van der Waals surface area contributed by atoms with Gasteiger partial charge < -0.3 is 10.1 Å². The van der Waals surface area contributed by atoms with Crippen molar-refractivity contribution in [1.82, 2.24) is 5.32 Å². The Balaban J connectivity index is 2.12. The second kappa shape index (κ2) is 7.55. The molecular weight excluding hydrogens is 322 g/mol. The van der Waals surface area contributed by atoms with Crippen molar-refractivity contribution < 1.29 is 4.74 Å². The zero-order chi connectivity index (χ0) is 13.7. The molecule has 1 unspecified atom stereocenters. The Morgan fingerprint density at radius 2 is 2.26 bits per heavy atom. The van der Waals surface area contributed by atoms with Crippen molar-refractivity contribution >= 4 is 27.7 Å². The molecule has 1 atom stereocenters. The number of fused-ring (bicyclic) bond motifs is 1. The molecule has 2 rings (SSSR count). The van der Waals surface area contributed by atoms with Gasteiger partial charge in [-0.1, -0.05) is 29.8 Å². The van der Waals surface area contributed by atoms with E-state index in [1.165, 1.54) is 21.4 Å². The first kappa shape index (κ1) is 15.2. The number of halogens is 1. The predicted molar refractivity (Wildman–Crippen MR) is 87.5 cm³/mol. The van der Waals surface area contributed by atoms with Crippen LogP contribution in [0, 0.1) is 0 Å². The number of rotatable bonds is 7. The summed E-state index contributed by atoms with van der Waals surface area (Å²) < 4.78 is 6.98. The highest BCUT2D eigenvalue weighted by Crippen LogP contribution is 2.33. The lowest BCUT2D eigenvalue weighted by molar-refractivity contribution is 0.352. The first-order valence-corrected chi connectivity index (χ1v) is 8.94.